The molecule has 1 aliphatic carbocycles. The largest absolute Gasteiger partial charge is 0.508 e. The lowest BCUT2D eigenvalue weighted by Gasteiger charge is -2.29. The van der Waals surface area contributed by atoms with E-state index in [1.54, 1.807) is 36.5 Å². The molecule has 1 aromatic heterocycles. The summed E-state index contributed by atoms with van der Waals surface area (Å²) < 4.78 is 0. The van der Waals surface area contributed by atoms with Crippen molar-refractivity contribution < 1.29 is 15.0 Å². The molecular weight excluding hydrogens is 292 g/mol. The Kier molecular flexibility index (Phi) is 4.46. The van der Waals surface area contributed by atoms with Gasteiger partial charge in [-0.2, -0.15) is 0 Å². The van der Waals surface area contributed by atoms with Crippen LogP contribution in [0.1, 0.15) is 47.7 Å². The molecule has 0 radical (unpaired) electrons. The molecule has 0 bridgehead atoms. The van der Waals surface area contributed by atoms with Crippen molar-refractivity contribution in [3.05, 3.63) is 53.9 Å². The third-order valence-corrected chi connectivity index (χ3v) is 4.41. The fourth-order valence-corrected chi connectivity index (χ4v) is 3.18. The number of benzene rings is 1. The molecule has 3 rings (SSSR count). The summed E-state index contributed by atoms with van der Waals surface area (Å²) >= 11 is 0. The smallest absolute Gasteiger partial charge is 0.270 e. The molecule has 0 saturated heterocycles. The standard InChI is InChI=1S/C18H20N2O3/c21-14-8-9-15(17(22)11-14)12-4-6-13(7-5-12)20-18(23)16-3-1-2-10-19-16/h1-3,8-13,21-22H,4-7H2,(H,20,23). The van der Waals surface area contributed by atoms with Crippen molar-refractivity contribution in [3.63, 3.8) is 0 Å². The third kappa shape index (κ3) is 3.62. The summed E-state index contributed by atoms with van der Waals surface area (Å²) in [6.07, 6.45) is 5.13. The molecule has 1 aromatic carbocycles. The highest BCUT2D eigenvalue weighted by molar-refractivity contribution is 5.92. The number of aromatic nitrogens is 1. The number of carbonyl (C=O) groups excluding carboxylic acids is 1. The van der Waals surface area contributed by atoms with E-state index in [4.69, 9.17) is 0 Å². The van der Waals surface area contributed by atoms with Gasteiger partial charge in [-0.25, -0.2) is 0 Å². The van der Waals surface area contributed by atoms with Crippen LogP contribution in [-0.4, -0.2) is 27.1 Å². The van der Waals surface area contributed by atoms with Crippen LogP contribution in [-0.2, 0) is 0 Å². The van der Waals surface area contributed by atoms with Crippen molar-refractivity contribution in [2.75, 3.05) is 0 Å². The molecule has 1 amide bonds. The topological polar surface area (TPSA) is 82.5 Å². The van der Waals surface area contributed by atoms with Crippen LogP contribution in [0.5, 0.6) is 11.5 Å². The first-order chi connectivity index (χ1) is 11.1. The number of hydrogen-bond donors (Lipinski definition) is 3. The van der Waals surface area contributed by atoms with Gasteiger partial charge in [-0.15, -0.1) is 0 Å². The number of pyridine rings is 1. The average molecular weight is 312 g/mol. The van der Waals surface area contributed by atoms with E-state index in [1.807, 2.05) is 0 Å². The van der Waals surface area contributed by atoms with Gasteiger partial charge in [-0.3, -0.25) is 9.78 Å². The molecule has 3 N–H and O–H groups in total. The van der Waals surface area contributed by atoms with Gasteiger partial charge in [0.1, 0.15) is 17.2 Å². The number of hydrogen-bond acceptors (Lipinski definition) is 4. The van der Waals surface area contributed by atoms with Crippen LogP contribution in [0.3, 0.4) is 0 Å². The van der Waals surface area contributed by atoms with E-state index in [2.05, 4.69) is 10.3 Å². The Balaban J connectivity index is 1.57. The number of carbonyl (C=O) groups is 1. The Labute approximate surface area is 135 Å². The number of aromatic hydroxyl groups is 2. The maximum Gasteiger partial charge on any atom is 0.270 e. The van der Waals surface area contributed by atoms with E-state index in [0.717, 1.165) is 31.2 Å². The highest BCUT2D eigenvalue weighted by Gasteiger charge is 2.25. The first-order valence-electron chi connectivity index (χ1n) is 7.87. The molecule has 2 aromatic rings. The SMILES string of the molecule is O=C(NC1CCC(c2ccc(O)cc2O)CC1)c1ccccn1. The Bertz CT molecular complexity index is 680. The Morgan fingerprint density at radius 2 is 1.87 bits per heavy atom. The van der Waals surface area contributed by atoms with Crippen LogP contribution in [0.2, 0.25) is 0 Å². The molecule has 5 nitrogen and oxygen atoms in total. The Hall–Kier alpha value is -2.56. The number of phenolic OH excluding ortho intramolecular Hbond substituents is 2. The molecule has 1 fully saturated rings. The summed E-state index contributed by atoms with van der Waals surface area (Å²) in [5.74, 6) is 0.341. The van der Waals surface area contributed by atoms with E-state index in [-0.39, 0.29) is 29.4 Å². The monoisotopic (exact) mass is 312 g/mol. The molecule has 0 aliphatic heterocycles. The summed E-state index contributed by atoms with van der Waals surface area (Å²) in [5, 5.41) is 22.4. The van der Waals surface area contributed by atoms with Gasteiger partial charge in [0.05, 0.1) is 0 Å². The molecule has 0 unspecified atom stereocenters. The van der Waals surface area contributed by atoms with Gasteiger partial charge in [0.15, 0.2) is 0 Å². The van der Waals surface area contributed by atoms with Crippen molar-refractivity contribution in [2.45, 2.75) is 37.6 Å². The molecule has 0 atom stereocenters. The quantitative estimate of drug-likeness (QED) is 0.814. The van der Waals surface area contributed by atoms with Crippen LogP contribution in [0.25, 0.3) is 0 Å². The van der Waals surface area contributed by atoms with Crippen LogP contribution in [0, 0.1) is 0 Å². The van der Waals surface area contributed by atoms with Crippen LogP contribution in [0.4, 0.5) is 0 Å². The molecule has 120 valence electrons. The van der Waals surface area contributed by atoms with Crippen molar-refractivity contribution in [1.29, 1.82) is 0 Å². The summed E-state index contributed by atoms with van der Waals surface area (Å²) in [6, 6.07) is 10.2. The maximum atomic E-state index is 12.1. The lowest BCUT2D eigenvalue weighted by atomic mass is 9.81. The normalized spacial score (nSPS) is 20.9. The van der Waals surface area contributed by atoms with E-state index in [1.165, 1.54) is 6.07 Å². The minimum Gasteiger partial charge on any atom is -0.508 e. The molecular formula is C18H20N2O3. The zero-order valence-electron chi connectivity index (χ0n) is 12.8. The Morgan fingerprint density at radius 3 is 2.52 bits per heavy atom. The second-order valence-corrected chi connectivity index (χ2v) is 5.98. The third-order valence-electron chi connectivity index (χ3n) is 4.41. The highest BCUT2D eigenvalue weighted by Crippen LogP contribution is 2.38. The van der Waals surface area contributed by atoms with Crippen molar-refractivity contribution >= 4 is 5.91 Å². The molecule has 1 saturated carbocycles. The van der Waals surface area contributed by atoms with E-state index in [9.17, 15) is 15.0 Å². The van der Waals surface area contributed by atoms with Gasteiger partial charge in [0.2, 0.25) is 0 Å². The van der Waals surface area contributed by atoms with Gasteiger partial charge < -0.3 is 15.5 Å². The predicted molar refractivity (Wildman–Crippen MR) is 86.5 cm³/mol. The van der Waals surface area contributed by atoms with E-state index in [0.29, 0.717) is 5.69 Å². The zero-order valence-corrected chi connectivity index (χ0v) is 12.8. The Morgan fingerprint density at radius 1 is 1.09 bits per heavy atom. The fourth-order valence-electron chi connectivity index (χ4n) is 3.18. The molecule has 1 heterocycles. The number of rotatable bonds is 3. The minimum absolute atomic E-state index is 0.0718. The molecule has 1 aliphatic rings. The second-order valence-electron chi connectivity index (χ2n) is 5.98. The number of phenols is 2. The van der Waals surface area contributed by atoms with Gasteiger partial charge in [-0.05, 0) is 55.4 Å². The van der Waals surface area contributed by atoms with E-state index < -0.39 is 0 Å². The van der Waals surface area contributed by atoms with Gasteiger partial charge in [0, 0.05) is 18.3 Å². The van der Waals surface area contributed by atoms with Crippen molar-refractivity contribution in [3.8, 4) is 11.5 Å². The number of nitrogens with one attached hydrogen (secondary N) is 1. The predicted octanol–water partition coefficient (Wildman–Crippen LogP) is 2.95. The summed E-state index contributed by atoms with van der Waals surface area (Å²) in [4.78, 5) is 16.2. The van der Waals surface area contributed by atoms with Crippen LogP contribution in [0.15, 0.2) is 42.6 Å². The van der Waals surface area contributed by atoms with E-state index >= 15 is 0 Å². The van der Waals surface area contributed by atoms with Gasteiger partial charge in [-0.1, -0.05) is 12.1 Å². The number of amides is 1. The first-order valence-corrected chi connectivity index (χ1v) is 7.87. The van der Waals surface area contributed by atoms with Crippen LogP contribution >= 0.6 is 0 Å². The summed E-state index contributed by atoms with van der Waals surface area (Å²) in [7, 11) is 0. The number of nitrogens with zero attached hydrogens (tertiary/aromatic N) is 1. The first kappa shape index (κ1) is 15.3. The average Bonchev–Trinajstić information content (AvgIpc) is 2.57. The molecule has 0 spiro atoms. The van der Waals surface area contributed by atoms with Gasteiger partial charge in [0.25, 0.3) is 5.91 Å². The molecule has 5 heteroatoms. The highest BCUT2D eigenvalue weighted by atomic mass is 16.3. The lowest BCUT2D eigenvalue weighted by Crippen LogP contribution is -2.37. The van der Waals surface area contributed by atoms with Crippen molar-refractivity contribution in [2.24, 2.45) is 0 Å². The van der Waals surface area contributed by atoms with Crippen LogP contribution < -0.4 is 5.32 Å². The van der Waals surface area contributed by atoms with Crippen molar-refractivity contribution in [1.82, 2.24) is 10.3 Å². The fraction of sp³-hybridized carbons (Fsp3) is 0.333. The maximum absolute atomic E-state index is 12.1. The molecule has 23 heavy (non-hydrogen) atoms. The van der Waals surface area contributed by atoms with Gasteiger partial charge >= 0.3 is 0 Å². The minimum atomic E-state index is -0.137. The summed E-state index contributed by atoms with van der Waals surface area (Å²) in [5.41, 5.74) is 1.31. The summed E-state index contributed by atoms with van der Waals surface area (Å²) in [6.45, 7) is 0. The second kappa shape index (κ2) is 6.69. The lowest BCUT2D eigenvalue weighted by molar-refractivity contribution is 0.0920. The zero-order chi connectivity index (χ0) is 16.2.